The summed E-state index contributed by atoms with van der Waals surface area (Å²) in [7, 11) is 0. The summed E-state index contributed by atoms with van der Waals surface area (Å²) in [6, 6.07) is 0. The van der Waals surface area contributed by atoms with E-state index in [-0.39, 0.29) is 4.87 Å². The molecule has 0 spiro atoms. The van der Waals surface area contributed by atoms with E-state index in [9.17, 15) is 4.79 Å². The van der Waals surface area contributed by atoms with E-state index in [1.54, 1.807) is 5.38 Å². The maximum Gasteiger partial charge on any atom is 0.304 e. The molecule has 0 radical (unpaired) electrons. The monoisotopic (exact) mass is 204 g/mol. The second-order valence-corrected chi connectivity index (χ2v) is 3.67. The molecule has 0 aromatic carbocycles. The van der Waals surface area contributed by atoms with E-state index < -0.39 is 0 Å². The Morgan fingerprint density at radius 3 is 3.08 bits per heavy atom. The Balaban J connectivity index is 2.33. The standard InChI is InChI=1S/C7H9ClN2OS/c1-5(8)2-9-3-6-4-12-7(11)10-6/h4,9H,1-3H2,(H,10,11). The Kier molecular flexibility index (Phi) is 3.52. The van der Waals surface area contributed by atoms with Gasteiger partial charge in [0.05, 0.1) is 0 Å². The van der Waals surface area contributed by atoms with Crippen molar-refractivity contribution in [2.24, 2.45) is 0 Å². The van der Waals surface area contributed by atoms with Crippen LogP contribution in [-0.2, 0) is 6.54 Å². The minimum Gasteiger partial charge on any atom is -0.315 e. The molecule has 1 aromatic rings. The van der Waals surface area contributed by atoms with Crippen molar-refractivity contribution in [2.75, 3.05) is 6.54 Å². The van der Waals surface area contributed by atoms with Crippen molar-refractivity contribution in [1.82, 2.24) is 10.3 Å². The Labute approximate surface area is 79.1 Å². The van der Waals surface area contributed by atoms with Crippen LogP contribution in [0.5, 0.6) is 0 Å². The summed E-state index contributed by atoms with van der Waals surface area (Å²) in [6.07, 6.45) is 0. The van der Waals surface area contributed by atoms with Crippen molar-refractivity contribution in [2.45, 2.75) is 6.54 Å². The second-order valence-electron chi connectivity index (χ2n) is 2.29. The summed E-state index contributed by atoms with van der Waals surface area (Å²) < 4.78 is 0. The van der Waals surface area contributed by atoms with Gasteiger partial charge in [-0.05, 0) is 0 Å². The van der Waals surface area contributed by atoms with Crippen LogP contribution in [0.4, 0.5) is 0 Å². The van der Waals surface area contributed by atoms with Gasteiger partial charge >= 0.3 is 4.87 Å². The van der Waals surface area contributed by atoms with Crippen LogP contribution in [0.1, 0.15) is 5.69 Å². The fourth-order valence-electron chi connectivity index (χ4n) is 0.733. The molecule has 0 bridgehead atoms. The third-order valence-electron chi connectivity index (χ3n) is 1.20. The molecule has 0 aliphatic rings. The van der Waals surface area contributed by atoms with Crippen LogP contribution in [-0.4, -0.2) is 11.5 Å². The molecule has 1 heterocycles. The number of aromatic amines is 1. The minimum atomic E-state index is -0.0310. The maximum atomic E-state index is 10.7. The van der Waals surface area contributed by atoms with Crippen LogP contribution < -0.4 is 10.2 Å². The van der Waals surface area contributed by atoms with Gasteiger partial charge in [-0.3, -0.25) is 4.79 Å². The van der Waals surface area contributed by atoms with Gasteiger partial charge in [-0.25, -0.2) is 0 Å². The summed E-state index contributed by atoms with van der Waals surface area (Å²) in [5, 5.41) is 5.37. The zero-order valence-corrected chi connectivity index (χ0v) is 7.97. The van der Waals surface area contributed by atoms with Crippen LogP contribution in [0.3, 0.4) is 0 Å². The summed E-state index contributed by atoms with van der Waals surface area (Å²) in [4.78, 5) is 13.3. The molecule has 2 N–H and O–H groups in total. The van der Waals surface area contributed by atoms with Crippen molar-refractivity contribution in [1.29, 1.82) is 0 Å². The highest BCUT2D eigenvalue weighted by atomic mass is 35.5. The normalized spacial score (nSPS) is 10.1. The third-order valence-corrected chi connectivity index (χ3v) is 2.06. The van der Waals surface area contributed by atoms with Crippen LogP contribution in [0, 0.1) is 0 Å². The lowest BCUT2D eigenvalue weighted by Gasteiger charge is -1.99. The highest BCUT2D eigenvalue weighted by Crippen LogP contribution is 1.96. The van der Waals surface area contributed by atoms with Gasteiger partial charge in [0.25, 0.3) is 0 Å². The predicted molar refractivity (Wildman–Crippen MR) is 51.6 cm³/mol. The Hall–Kier alpha value is -0.580. The first-order chi connectivity index (χ1) is 5.68. The van der Waals surface area contributed by atoms with Gasteiger partial charge in [-0.1, -0.05) is 29.5 Å². The van der Waals surface area contributed by atoms with Crippen LogP contribution in [0.2, 0.25) is 0 Å². The zero-order valence-electron chi connectivity index (χ0n) is 6.39. The lowest BCUT2D eigenvalue weighted by molar-refractivity contribution is 0.739. The summed E-state index contributed by atoms with van der Waals surface area (Å²) >= 11 is 6.68. The highest BCUT2D eigenvalue weighted by Gasteiger charge is 1.95. The number of nitrogens with one attached hydrogen (secondary N) is 2. The number of hydrogen-bond acceptors (Lipinski definition) is 3. The van der Waals surface area contributed by atoms with Gasteiger partial charge in [-0.2, -0.15) is 0 Å². The number of aromatic nitrogens is 1. The number of H-pyrrole nitrogens is 1. The van der Waals surface area contributed by atoms with Gasteiger partial charge in [0.1, 0.15) is 0 Å². The molecule has 1 aromatic heterocycles. The lowest BCUT2D eigenvalue weighted by Crippen LogP contribution is -2.15. The Morgan fingerprint density at radius 1 is 1.83 bits per heavy atom. The van der Waals surface area contributed by atoms with Crippen LogP contribution >= 0.6 is 22.9 Å². The molecular formula is C7H9ClN2OS. The van der Waals surface area contributed by atoms with Gasteiger partial charge in [0.15, 0.2) is 0 Å². The first-order valence-corrected chi connectivity index (χ1v) is 4.65. The van der Waals surface area contributed by atoms with Crippen molar-refractivity contribution in [3.05, 3.63) is 32.4 Å². The molecule has 3 nitrogen and oxygen atoms in total. The van der Waals surface area contributed by atoms with E-state index in [4.69, 9.17) is 11.6 Å². The average Bonchev–Trinajstić information content (AvgIpc) is 2.35. The largest absolute Gasteiger partial charge is 0.315 e. The fraction of sp³-hybridized carbons (Fsp3) is 0.286. The molecule has 0 aliphatic carbocycles. The van der Waals surface area contributed by atoms with E-state index in [2.05, 4.69) is 16.9 Å². The van der Waals surface area contributed by atoms with Gasteiger partial charge in [0.2, 0.25) is 0 Å². The van der Waals surface area contributed by atoms with E-state index in [1.807, 2.05) is 0 Å². The van der Waals surface area contributed by atoms with Gasteiger partial charge < -0.3 is 10.3 Å². The van der Waals surface area contributed by atoms with Crippen LogP contribution in [0.15, 0.2) is 21.8 Å². The number of rotatable bonds is 4. The predicted octanol–water partition coefficient (Wildman–Crippen LogP) is 1.28. The van der Waals surface area contributed by atoms with Crippen molar-refractivity contribution < 1.29 is 0 Å². The average molecular weight is 205 g/mol. The zero-order chi connectivity index (χ0) is 8.97. The first kappa shape index (κ1) is 9.51. The Morgan fingerprint density at radius 2 is 2.58 bits per heavy atom. The molecule has 0 aliphatic heterocycles. The van der Waals surface area contributed by atoms with Crippen molar-refractivity contribution in [3.8, 4) is 0 Å². The topological polar surface area (TPSA) is 44.9 Å². The van der Waals surface area contributed by atoms with E-state index in [0.29, 0.717) is 18.1 Å². The molecule has 12 heavy (non-hydrogen) atoms. The van der Waals surface area contributed by atoms with E-state index >= 15 is 0 Å². The molecule has 0 fully saturated rings. The molecule has 0 saturated heterocycles. The summed E-state index contributed by atoms with van der Waals surface area (Å²) in [6.45, 7) is 4.70. The van der Waals surface area contributed by atoms with Crippen molar-refractivity contribution in [3.63, 3.8) is 0 Å². The molecule has 0 atom stereocenters. The highest BCUT2D eigenvalue weighted by molar-refractivity contribution is 7.07. The quantitative estimate of drug-likeness (QED) is 0.776. The SMILES string of the molecule is C=C(Cl)CNCc1csc(=O)[nH]1. The molecule has 66 valence electrons. The molecule has 0 saturated carbocycles. The van der Waals surface area contributed by atoms with Gasteiger partial charge in [-0.15, -0.1) is 0 Å². The lowest BCUT2D eigenvalue weighted by atomic mass is 10.5. The number of halogens is 1. The van der Waals surface area contributed by atoms with E-state index in [0.717, 1.165) is 17.0 Å². The van der Waals surface area contributed by atoms with Gasteiger partial charge in [0, 0.05) is 29.2 Å². The molecule has 0 unspecified atom stereocenters. The smallest absolute Gasteiger partial charge is 0.304 e. The fourth-order valence-corrected chi connectivity index (χ4v) is 1.41. The third kappa shape index (κ3) is 3.21. The number of hydrogen-bond donors (Lipinski definition) is 2. The molecule has 5 heteroatoms. The Bertz CT molecular complexity index is 317. The summed E-state index contributed by atoms with van der Waals surface area (Å²) in [5.74, 6) is 0. The summed E-state index contributed by atoms with van der Waals surface area (Å²) in [5.41, 5.74) is 0.878. The first-order valence-electron chi connectivity index (χ1n) is 3.39. The second kappa shape index (κ2) is 4.45. The molecular weight excluding hydrogens is 196 g/mol. The minimum absolute atomic E-state index is 0.0310. The molecule has 1 rings (SSSR count). The van der Waals surface area contributed by atoms with Crippen LogP contribution in [0.25, 0.3) is 0 Å². The van der Waals surface area contributed by atoms with E-state index in [1.165, 1.54) is 0 Å². The molecule has 0 amide bonds. The maximum absolute atomic E-state index is 10.7. The van der Waals surface area contributed by atoms with Crippen molar-refractivity contribution >= 4 is 22.9 Å². The number of thiazole rings is 1.